The smallest absolute Gasteiger partial charge is 0.223 e. The number of fused-ring (bicyclic) bond motifs is 1. The van der Waals surface area contributed by atoms with Gasteiger partial charge in [-0.05, 0) is 17.2 Å². The highest BCUT2D eigenvalue weighted by molar-refractivity contribution is 5.95. The molecule has 0 radical (unpaired) electrons. The molecule has 4 heteroatoms. The van der Waals surface area contributed by atoms with Gasteiger partial charge in [0.15, 0.2) is 5.82 Å². The van der Waals surface area contributed by atoms with Crippen molar-refractivity contribution in [2.75, 3.05) is 5.73 Å². The molecule has 0 bridgehead atoms. The second kappa shape index (κ2) is 5.25. The molecule has 0 amide bonds. The van der Waals surface area contributed by atoms with E-state index in [1.807, 2.05) is 24.3 Å². The predicted octanol–water partition coefficient (Wildman–Crippen LogP) is 3.23. The highest BCUT2D eigenvalue weighted by Crippen LogP contribution is 2.26. The molecular weight excluding hydrogens is 248 g/mol. The Kier molecular flexibility index (Phi) is 3.29. The van der Waals surface area contributed by atoms with Crippen LogP contribution in [0.3, 0.4) is 0 Å². The minimum atomic E-state index is 0.284. The van der Waals surface area contributed by atoms with Gasteiger partial charge in [0.05, 0.1) is 0 Å². The van der Waals surface area contributed by atoms with Crippen LogP contribution in [-0.2, 0) is 6.42 Å². The zero-order chi connectivity index (χ0) is 13.9. The van der Waals surface area contributed by atoms with Gasteiger partial charge in [0.2, 0.25) is 5.95 Å². The number of rotatable bonds is 3. The largest absolute Gasteiger partial charge is 0.368 e. The van der Waals surface area contributed by atoms with Gasteiger partial charge >= 0.3 is 0 Å². The van der Waals surface area contributed by atoms with Gasteiger partial charge in [-0.1, -0.05) is 49.4 Å². The zero-order valence-corrected chi connectivity index (χ0v) is 11.4. The molecule has 3 rings (SSSR count). The van der Waals surface area contributed by atoms with Crippen LogP contribution in [0.15, 0.2) is 42.5 Å². The normalized spacial score (nSPS) is 10.8. The van der Waals surface area contributed by atoms with E-state index < -0.39 is 0 Å². The zero-order valence-electron chi connectivity index (χ0n) is 11.4. The molecule has 1 heterocycles. The maximum atomic E-state index is 5.81. The van der Waals surface area contributed by atoms with Crippen molar-refractivity contribution in [3.8, 4) is 11.4 Å². The molecule has 0 saturated heterocycles. The van der Waals surface area contributed by atoms with E-state index in [1.165, 1.54) is 5.39 Å². The Labute approximate surface area is 117 Å². The van der Waals surface area contributed by atoms with Crippen molar-refractivity contribution in [3.05, 3.63) is 48.3 Å². The fraction of sp³-hybridized carbons (Fsp3) is 0.188. The lowest BCUT2D eigenvalue weighted by Crippen LogP contribution is -2.05. The van der Waals surface area contributed by atoms with Gasteiger partial charge in [0.25, 0.3) is 0 Å². The molecule has 0 saturated carbocycles. The molecule has 0 aliphatic carbocycles. The molecule has 0 aliphatic heterocycles. The van der Waals surface area contributed by atoms with Crippen molar-refractivity contribution in [2.45, 2.75) is 19.8 Å². The van der Waals surface area contributed by atoms with E-state index in [1.54, 1.807) is 0 Å². The number of aryl methyl sites for hydroxylation is 1. The quantitative estimate of drug-likeness (QED) is 0.788. The summed E-state index contributed by atoms with van der Waals surface area (Å²) in [6.07, 6.45) is 1.79. The van der Waals surface area contributed by atoms with Crippen LogP contribution < -0.4 is 5.73 Å². The summed E-state index contributed by atoms with van der Waals surface area (Å²) in [4.78, 5) is 13.0. The maximum absolute atomic E-state index is 5.81. The molecule has 0 atom stereocenters. The SMILES string of the molecule is CCCc1nc(N)nc(-c2cccc3ccccc23)n1. The number of benzene rings is 2. The molecule has 20 heavy (non-hydrogen) atoms. The monoisotopic (exact) mass is 264 g/mol. The predicted molar refractivity (Wildman–Crippen MR) is 81.2 cm³/mol. The van der Waals surface area contributed by atoms with Crippen molar-refractivity contribution in [3.63, 3.8) is 0 Å². The second-order valence-electron chi connectivity index (χ2n) is 4.71. The summed E-state index contributed by atoms with van der Waals surface area (Å²) in [7, 11) is 0. The first kappa shape index (κ1) is 12.5. The average molecular weight is 264 g/mol. The molecule has 0 aliphatic rings. The molecule has 2 N–H and O–H groups in total. The summed E-state index contributed by atoms with van der Waals surface area (Å²) in [6.45, 7) is 2.09. The number of nitrogen functional groups attached to an aromatic ring is 1. The Morgan fingerprint density at radius 1 is 0.950 bits per heavy atom. The highest BCUT2D eigenvalue weighted by Gasteiger charge is 2.09. The molecular formula is C16H16N4. The average Bonchev–Trinajstić information content (AvgIpc) is 2.46. The fourth-order valence-electron chi connectivity index (χ4n) is 2.31. The van der Waals surface area contributed by atoms with E-state index in [2.05, 4.69) is 40.1 Å². The van der Waals surface area contributed by atoms with Crippen LogP contribution in [0.2, 0.25) is 0 Å². The Bertz CT molecular complexity index is 747. The highest BCUT2D eigenvalue weighted by atomic mass is 15.1. The number of hydrogen-bond donors (Lipinski definition) is 1. The van der Waals surface area contributed by atoms with Crippen molar-refractivity contribution < 1.29 is 0 Å². The third-order valence-electron chi connectivity index (χ3n) is 3.20. The van der Waals surface area contributed by atoms with E-state index in [-0.39, 0.29) is 5.95 Å². The second-order valence-corrected chi connectivity index (χ2v) is 4.71. The number of anilines is 1. The molecule has 0 spiro atoms. The summed E-state index contributed by atoms with van der Waals surface area (Å²) in [5.41, 5.74) is 6.80. The number of aromatic nitrogens is 3. The minimum absolute atomic E-state index is 0.284. The van der Waals surface area contributed by atoms with Gasteiger partial charge < -0.3 is 5.73 Å². The number of nitrogens with zero attached hydrogens (tertiary/aromatic N) is 3. The van der Waals surface area contributed by atoms with Gasteiger partial charge in [-0.3, -0.25) is 0 Å². The molecule has 0 unspecified atom stereocenters. The van der Waals surface area contributed by atoms with Gasteiger partial charge in [-0.2, -0.15) is 9.97 Å². The summed E-state index contributed by atoms with van der Waals surface area (Å²) >= 11 is 0. The molecule has 0 fully saturated rings. The Hall–Kier alpha value is -2.49. The van der Waals surface area contributed by atoms with E-state index in [9.17, 15) is 0 Å². The van der Waals surface area contributed by atoms with Gasteiger partial charge in [-0.15, -0.1) is 0 Å². The first-order valence-corrected chi connectivity index (χ1v) is 6.76. The first-order valence-electron chi connectivity index (χ1n) is 6.76. The molecule has 100 valence electrons. The van der Waals surface area contributed by atoms with Crippen LogP contribution in [0, 0.1) is 0 Å². The van der Waals surface area contributed by atoms with Gasteiger partial charge in [0.1, 0.15) is 5.82 Å². The summed E-state index contributed by atoms with van der Waals surface area (Å²) in [6, 6.07) is 14.3. The third kappa shape index (κ3) is 2.32. The van der Waals surface area contributed by atoms with Crippen LogP contribution in [0.1, 0.15) is 19.2 Å². The van der Waals surface area contributed by atoms with Crippen LogP contribution in [0.4, 0.5) is 5.95 Å². The topological polar surface area (TPSA) is 64.7 Å². The van der Waals surface area contributed by atoms with Gasteiger partial charge in [-0.25, -0.2) is 4.98 Å². The molecule has 3 aromatic rings. The Balaban J connectivity index is 2.20. The lowest BCUT2D eigenvalue weighted by molar-refractivity contribution is 0.825. The minimum Gasteiger partial charge on any atom is -0.368 e. The third-order valence-corrected chi connectivity index (χ3v) is 3.20. The van der Waals surface area contributed by atoms with Crippen molar-refractivity contribution in [2.24, 2.45) is 0 Å². The fourth-order valence-corrected chi connectivity index (χ4v) is 2.31. The lowest BCUT2D eigenvalue weighted by Gasteiger charge is -2.07. The van der Waals surface area contributed by atoms with Crippen LogP contribution >= 0.6 is 0 Å². The van der Waals surface area contributed by atoms with Crippen molar-refractivity contribution in [1.82, 2.24) is 15.0 Å². The standard InChI is InChI=1S/C16H16N4/c1-2-6-14-18-15(20-16(17)19-14)13-10-5-8-11-7-3-4-9-12(11)13/h3-5,7-10H,2,6H2,1H3,(H2,17,18,19,20). The first-order chi connectivity index (χ1) is 9.78. The van der Waals surface area contributed by atoms with E-state index >= 15 is 0 Å². The van der Waals surface area contributed by atoms with E-state index in [4.69, 9.17) is 5.73 Å². The van der Waals surface area contributed by atoms with E-state index in [0.29, 0.717) is 5.82 Å². The van der Waals surface area contributed by atoms with Crippen LogP contribution in [0.5, 0.6) is 0 Å². The molecule has 2 aromatic carbocycles. The van der Waals surface area contributed by atoms with Crippen LogP contribution in [-0.4, -0.2) is 15.0 Å². The lowest BCUT2D eigenvalue weighted by atomic mass is 10.0. The Morgan fingerprint density at radius 2 is 1.75 bits per heavy atom. The molecule has 1 aromatic heterocycles. The van der Waals surface area contributed by atoms with Crippen molar-refractivity contribution >= 4 is 16.7 Å². The summed E-state index contributed by atoms with van der Waals surface area (Å²) in [5.74, 6) is 1.69. The molecule has 4 nitrogen and oxygen atoms in total. The Morgan fingerprint density at radius 3 is 2.60 bits per heavy atom. The maximum Gasteiger partial charge on any atom is 0.223 e. The van der Waals surface area contributed by atoms with E-state index in [0.717, 1.165) is 29.6 Å². The van der Waals surface area contributed by atoms with Crippen molar-refractivity contribution in [1.29, 1.82) is 0 Å². The van der Waals surface area contributed by atoms with Gasteiger partial charge in [0, 0.05) is 12.0 Å². The van der Waals surface area contributed by atoms with Crippen LogP contribution in [0.25, 0.3) is 22.2 Å². The number of hydrogen-bond acceptors (Lipinski definition) is 4. The summed E-state index contributed by atoms with van der Waals surface area (Å²) < 4.78 is 0. The number of nitrogens with two attached hydrogens (primary N) is 1. The summed E-state index contributed by atoms with van der Waals surface area (Å²) in [5, 5.41) is 2.30.